The molecule has 2 amide bonds. The van der Waals surface area contributed by atoms with Gasteiger partial charge in [0.1, 0.15) is 23.7 Å². The first kappa shape index (κ1) is 34.3. The van der Waals surface area contributed by atoms with E-state index in [0.717, 1.165) is 11.1 Å². The van der Waals surface area contributed by atoms with Gasteiger partial charge in [0.15, 0.2) is 0 Å². The lowest BCUT2D eigenvalue weighted by molar-refractivity contribution is -0.151. The van der Waals surface area contributed by atoms with Gasteiger partial charge in [0.25, 0.3) is 11.5 Å². The number of rotatable bonds is 15. The summed E-state index contributed by atoms with van der Waals surface area (Å²) < 4.78 is 14.8. The van der Waals surface area contributed by atoms with Crippen molar-refractivity contribution in [1.82, 2.24) is 25.3 Å². The van der Waals surface area contributed by atoms with Crippen molar-refractivity contribution < 1.29 is 43.7 Å². The third-order valence-corrected chi connectivity index (χ3v) is 7.12. The fourth-order valence-electron chi connectivity index (χ4n) is 4.79. The Balaban J connectivity index is 1.99. The molecule has 2 atom stereocenters. The summed E-state index contributed by atoms with van der Waals surface area (Å²) in [6.45, 7) is 5.00. The van der Waals surface area contributed by atoms with E-state index in [1.54, 1.807) is 32.9 Å². The molecule has 240 valence electrons. The van der Waals surface area contributed by atoms with Gasteiger partial charge in [-0.2, -0.15) is 0 Å². The smallest absolute Gasteiger partial charge is 0.328 e. The van der Waals surface area contributed by atoms with E-state index in [-0.39, 0.29) is 18.5 Å². The van der Waals surface area contributed by atoms with Gasteiger partial charge in [0, 0.05) is 25.9 Å². The molecule has 0 saturated carbocycles. The maximum Gasteiger partial charge on any atom is 0.328 e. The number of nitrogens with one attached hydrogen (secondary N) is 2. The summed E-state index contributed by atoms with van der Waals surface area (Å²) >= 11 is 0. The minimum absolute atomic E-state index is 0.0480. The molecule has 0 spiro atoms. The van der Waals surface area contributed by atoms with Crippen LogP contribution in [0.25, 0.3) is 10.9 Å². The van der Waals surface area contributed by atoms with Crippen LogP contribution in [0.3, 0.4) is 0 Å². The van der Waals surface area contributed by atoms with Crippen molar-refractivity contribution in [2.24, 2.45) is 0 Å². The van der Waals surface area contributed by atoms with Crippen LogP contribution >= 0.6 is 0 Å². The molecule has 3 rings (SSSR count). The van der Waals surface area contributed by atoms with Crippen molar-refractivity contribution in [2.45, 2.75) is 65.1 Å². The molecule has 2 aromatic carbocycles. The SMILES string of the molecule is CCN(Cc1cc2c(=O)[nH]c(C)nc2cc1C)N(C(=O)c1ccccc1F)[C@@H](CCC(=O)N[C@H](CCC(=O)O)C(=O)O)C(=O)O. The number of carboxylic acid groups (broad SMARTS) is 3. The van der Waals surface area contributed by atoms with E-state index >= 15 is 0 Å². The van der Waals surface area contributed by atoms with Gasteiger partial charge < -0.3 is 25.6 Å². The second kappa shape index (κ2) is 15.0. The molecule has 1 aromatic heterocycles. The van der Waals surface area contributed by atoms with Gasteiger partial charge in [0.05, 0.1) is 16.5 Å². The van der Waals surface area contributed by atoms with Gasteiger partial charge in [-0.25, -0.2) is 24.0 Å². The predicted molar refractivity (Wildman–Crippen MR) is 158 cm³/mol. The van der Waals surface area contributed by atoms with Gasteiger partial charge in [-0.05, 0) is 62.1 Å². The number of aliphatic carboxylic acids is 3. The van der Waals surface area contributed by atoms with E-state index in [9.17, 15) is 43.4 Å². The zero-order chi connectivity index (χ0) is 33.4. The summed E-state index contributed by atoms with van der Waals surface area (Å²) in [7, 11) is 0. The van der Waals surface area contributed by atoms with Crippen LogP contribution in [0.2, 0.25) is 0 Å². The van der Waals surface area contributed by atoms with E-state index in [1.165, 1.54) is 23.2 Å². The Morgan fingerprint density at radius 1 is 1.00 bits per heavy atom. The van der Waals surface area contributed by atoms with E-state index in [0.29, 0.717) is 22.5 Å². The number of H-pyrrole nitrogens is 1. The fraction of sp³-hybridized carbons (Fsp3) is 0.367. The molecule has 0 saturated heterocycles. The molecule has 0 aliphatic carbocycles. The van der Waals surface area contributed by atoms with Crippen LogP contribution in [-0.4, -0.2) is 83.7 Å². The van der Waals surface area contributed by atoms with Gasteiger partial charge >= 0.3 is 17.9 Å². The fourth-order valence-corrected chi connectivity index (χ4v) is 4.79. The molecule has 0 unspecified atom stereocenters. The Morgan fingerprint density at radius 2 is 1.69 bits per heavy atom. The molecule has 0 aliphatic rings. The van der Waals surface area contributed by atoms with Crippen molar-refractivity contribution in [3.63, 3.8) is 0 Å². The summed E-state index contributed by atoms with van der Waals surface area (Å²) in [4.78, 5) is 81.1. The molecule has 3 aromatic rings. The summed E-state index contributed by atoms with van der Waals surface area (Å²) in [5.74, 6) is -6.61. The van der Waals surface area contributed by atoms with Gasteiger partial charge in [-0.1, -0.05) is 19.1 Å². The molecule has 1 heterocycles. The highest BCUT2D eigenvalue weighted by atomic mass is 19.1. The second-order valence-electron chi connectivity index (χ2n) is 10.3. The Labute approximate surface area is 256 Å². The zero-order valence-corrected chi connectivity index (χ0v) is 24.9. The lowest BCUT2D eigenvalue weighted by Crippen LogP contribution is -2.55. The van der Waals surface area contributed by atoms with Crippen molar-refractivity contribution >= 4 is 40.6 Å². The number of aryl methyl sites for hydroxylation is 2. The van der Waals surface area contributed by atoms with Crippen LogP contribution < -0.4 is 10.9 Å². The zero-order valence-electron chi connectivity index (χ0n) is 24.9. The second-order valence-corrected chi connectivity index (χ2v) is 10.3. The number of aromatic amines is 1. The predicted octanol–water partition coefficient (Wildman–Crippen LogP) is 2.23. The topological polar surface area (TPSA) is 210 Å². The summed E-state index contributed by atoms with van der Waals surface area (Å²) in [6, 6.07) is 5.04. The van der Waals surface area contributed by atoms with Crippen molar-refractivity contribution in [3.8, 4) is 0 Å². The van der Waals surface area contributed by atoms with Crippen LogP contribution in [0.15, 0.2) is 41.2 Å². The number of hydrogen-bond acceptors (Lipinski definition) is 8. The van der Waals surface area contributed by atoms with Crippen molar-refractivity contribution in [2.75, 3.05) is 6.54 Å². The first-order valence-electron chi connectivity index (χ1n) is 14.0. The number of hydrogen-bond donors (Lipinski definition) is 5. The van der Waals surface area contributed by atoms with Crippen LogP contribution in [0.1, 0.15) is 59.9 Å². The van der Waals surface area contributed by atoms with Crippen molar-refractivity contribution in [1.29, 1.82) is 0 Å². The molecule has 14 nitrogen and oxygen atoms in total. The van der Waals surface area contributed by atoms with E-state index in [4.69, 9.17) is 5.11 Å². The number of benzene rings is 2. The number of carbonyl (C=O) groups is 5. The van der Waals surface area contributed by atoms with Crippen LogP contribution in [0.5, 0.6) is 0 Å². The van der Waals surface area contributed by atoms with Gasteiger partial charge in [-0.15, -0.1) is 0 Å². The minimum Gasteiger partial charge on any atom is -0.481 e. The first-order valence-corrected chi connectivity index (χ1v) is 14.0. The highest BCUT2D eigenvalue weighted by Gasteiger charge is 2.36. The number of carbonyl (C=O) groups excluding carboxylic acids is 2. The summed E-state index contributed by atoms with van der Waals surface area (Å²) in [6.07, 6.45) is -1.98. The molecular weight excluding hydrogens is 593 g/mol. The first-order chi connectivity index (χ1) is 21.2. The average Bonchev–Trinajstić information content (AvgIpc) is 2.96. The number of hydrazine groups is 1. The largest absolute Gasteiger partial charge is 0.481 e. The Kier molecular flexibility index (Phi) is 11.4. The monoisotopic (exact) mass is 627 g/mol. The molecule has 15 heteroatoms. The lowest BCUT2D eigenvalue weighted by Gasteiger charge is -2.38. The van der Waals surface area contributed by atoms with Gasteiger partial charge in [0.2, 0.25) is 5.91 Å². The summed E-state index contributed by atoms with van der Waals surface area (Å²) in [5.41, 5.74) is 0.869. The minimum atomic E-state index is -1.71. The van der Waals surface area contributed by atoms with Crippen molar-refractivity contribution in [3.05, 3.63) is 75.1 Å². The number of amides is 2. The average molecular weight is 628 g/mol. The third-order valence-electron chi connectivity index (χ3n) is 7.12. The molecule has 0 fully saturated rings. The summed E-state index contributed by atoms with van der Waals surface area (Å²) in [5, 5.41) is 33.1. The molecular formula is C30H34FN5O9. The van der Waals surface area contributed by atoms with Gasteiger partial charge in [-0.3, -0.25) is 24.2 Å². The maximum absolute atomic E-state index is 14.8. The normalized spacial score (nSPS) is 12.5. The number of halogens is 1. The van der Waals surface area contributed by atoms with E-state index < -0.39 is 84.4 Å². The number of fused-ring (bicyclic) bond motifs is 1. The van der Waals surface area contributed by atoms with E-state index in [1.807, 2.05) is 0 Å². The molecule has 0 radical (unpaired) electrons. The highest BCUT2D eigenvalue weighted by molar-refractivity contribution is 5.96. The molecule has 45 heavy (non-hydrogen) atoms. The van der Waals surface area contributed by atoms with E-state index in [2.05, 4.69) is 15.3 Å². The Hall–Kier alpha value is -5.18. The maximum atomic E-state index is 14.8. The molecule has 0 bridgehead atoms. The molecule has 0 aliphatic heterocycles. The third kappa shape index (κ3) is 8.69. The van der Waals surface area contributed by atoms with Crippen LogP contribution in [-0.2, 0) is 25.7 Å². The Bertz CT molecular complexity index is 1680. The number of nitrogens with zero attached hydrogens (tertiary/aromatic N) is 3. The number of aromatic nitrogens is 2. The quantitative estimate of drug-likeness (QED) is 0.154. The highest BCUT2D eigenvalue weighted by Crippen LogP contribution is 2.23. The van der Waals surface area contributed by atoms with Crippen LogP contribution in [0.4, 0.5) is 4.39 Å². The standard InChI is InChI=1S/C30H34FN5O9/c1-4-35(15-18-14-20-23(13-16(18)2)32-17(3)33-27(20)40)36(28(41)19-7-5-6-8-21(19)31)24(30(44)45)10-11-25(37)34-22(29(42)43)9-12-26(38)39/h5-8,13-14,22,24H,4,9-12,15H2,1-3H3,(H,34,37)(H,38,39)(H,42,43)(H,44,45)(H,32,33,40)/t22-,24+/m1/s1. The lowest BCUT2D eigenvalue weighted by atomic mass is 10.0. The van der Waals surface area contributed by atoms with Crippen LogP contribution in [0, 0.1) is 19.7 Å². The Morgan fingerprint density at radius 3 is 2.29 bits per heavy atom. The molecule has 5 N–H and O–H groups in total. The number of carboxylic acids is 3.